The van der Waals surface area contributed by atoms with Gasteiger partial charge in [-0.15, -0.1) is 0 Å². The third-order valence-corrected chi connectivity index (χ3v) is 2.82. The molecule has 0 aromatic heterocycles. The van der Waals surface area contributed by atoms with Crippen LogP contribution in [0.4, 0.5) is 0 Å². The molecule has 0 saturated carbocycles. The van der Waals surface area contributed by atoms with Gasteiger partial charge in [0.1, 0.15) is 17.1 Å². The molecule has 0 radical (unpaired) electrons. The van der Waals surface area contributed by atoms with Gasteiger partial charge in [0.15, 0.2) is 0 Å². The van der Waals surface area contributed by atoms with Crippen LogP contribution in [0.25, 0.3) is 0 Å². The molecular weight excluding hydrogens is 244 g/mol. The zero-order valence-corrected chi connectivity index (χ0v) is 10.2. The molecule has 0 amide bonds. The van der Waals surface area contributed by atoms with Crippen molar-refractivity contribution >= 4 is 22.8 Å². The number of hydrogen-bond donors (Lipinski definition) is 1. The molecule has 1 rings (SSSR count). The standard InChI is InChI=1S/C11H12O5S/c1-15-7-4-3-5-8(16-2)10(7)11(14)17-6-9(12)13/h3-5H,6H2,1-2H3,(H,12,13). The molecule has 0 atom stereocenters. The maximum absolute atomic E-state index is 11.8. The number of methoxy groups -OCH3 is 2. The van der Waals surface area contributed by atoms with Gasteiger partial charge in [-0.1, -0.05) is 17.8 Å². The Hall–Kier alpha value is -1.69. The van der Waals surface area contributed by atoms with E-state index in [9.17, 15) is 9.59 Å². The number of hydrogen-bond acceptors (Lipinski definition) is 5. The minimum Gasteiger partial charge on any atom is -0.496 e. The van der Waals surface area contributed by atoms with Gasteiger partial charge in [-0.3, -0.25) is 9.59 Å². The van der Waals surface area contributed by atoms with Gasteiger partial charge >= 0.3 is 5.97 Å². The minimum absolute atomic E-state index is 0.253. The highest BCUT2D eigenvalue weighted by Gasteiger charge is 2.19. The van der Waals surface area contributed by atoms with E-state index in [1.807, 2.05) is 0 Å². The van der Waals surface area contributed by atoms with E-state index in [0.29, 0.717) is 23.3 Å². The summed E-state index contributed by atoms with van der Waals surface area (Å²) in [5, 5.41) is 8.14. The number of aliphatic carboxylic acids is 1. The first kappa shape index (κ1) is 13.4. The highest BCUT2D eigenvalue weighted by Crippen LogP contribution is 2.31. The van der Waals surface area contributed by atoms with E-state index >= 15 is 0 Å². The van der Waals surface area contributed by atoms with Crippen LogP contribution >= 0.6 is 11.8 Å². The number of thioether (sulfide) groups is 1. The molecule has 0 unspecified atom stereocenters. The summed E-state index contributed by atoms with van der Waals surface area (Å²) in [5.41, 5.74) is 0.253. The van der Waals surface area contributed by atoms with Gasteiger partial charge in [0.2, 0.25) is 5.12 Å². The van der Waals surface area contributed by atoms with Crippen molar-refractivity contribution in [1.29, 1.82) is 0 Å². The molecule has 0 aliphatic carbocycles. The Morgan fingerprint density at radius 2 is 1.76 bits per heavy atom. The Morgan fingerprint density at radius 1 is 1.24 bits per heavy atom. The quantitative estimate of drug-likeness (QED) is 0.863. The fourth-order valence-corrected chi connectivity index (χ4v) is 1.85. The second-order valence-corrected chi connectivity index (χ2v) is 3.96. The number of rotatable bonds is 5. The SMILES string of the molecule is COc1cccc(OC)c1C(=O)SCC(=O)O. The monoisotopic (exact) mass is 256 g/mol. The third-order valence-electron chi connectivity index (χ3n) is 1.96. The molecule has 0 spiro atoms. The van der Waals surface area contributed by atoms with E-state index < -0.39 is 5.97 Å². The molecule has 5 nitrogen and oxygen atoms in total. The zero-order valence-electron chi connectivity index (χ0n) is 9.43. The molecule has 0 heterocycles. The minimum atomic E-state index is -1.04. The van der Waals surface area contributed by atoms with Crippen LogP contribution in [0.1, 0.15) is 10.4 Å². The summed E-state index contributed by atoms with van der Waals surface area (Å²) < 4.78 is 10.1. The van der Waals surface area contributed by atoms with Crippen molar-refractivity contribution in [2.45, 2.75) is 0 Å². The molecule has 0 aliphatic heterocycles. The van der Waals surface area contributed by atoms with Crippen LogP contribution < -0.4 is 9.47 Å². The van der Waals surface area contributed by atoms with E-state index in [1.165, 1.54) is 14.2 Å². The van der Waals surface area contributed by atoms with Gasteiger partial charge in [0.05, 0.1) is 20.0 Å². The number of benzene rings is 1. The molecule has 0 aliphatic rings. The summed E-state index contributed by atoms with van der Waals surface area (Å²) in [6.07, 6.45) is 0. The van der Waals surface area contributed by atoms with Gasteiger partial charge in [0, 0.05) is 0 Å². The fraction of sp³-hybridized carbons (Fsp3) is 0.273. The fourth-order valence-electron chi connectivity index (χ4n) is 1.25. The normalized spacial score (nSPS) is 9.76. The van der Waals surface area contributed by atoms with Crippen LogP contribution in [0.3, 0.4) is 0 Å². The summed E-state index contributed by atoms with van der Waals surface area (Å²) >= 11 is 0.698. The highest BCUT2D eigenvalue weighted by molar-refractivity contribution is 8.14. The third kappa shape index (κ3) is 3.39. The Morgan fingerprint density at radius 3 is 2.18 bits per heavy atom. The average molecular weight is 256 g/mol. The van der Waals surface area contributed by atoms with Crippen molar-refractivity contribution in [3.05, 3.63) is 23.8 Å². The number of carboxylic acid groups (broad SMARTS) is 1. The van der Waals surface area contributed by atoms with Crippen molar-refractivity contribution in [1.82, 2.24) is 0 Å². The van der Waals surface area contributed by atoms with Crippen molar-refractivity contribution in [3.8, 4) is 11.5 Å². The van der Waals surface area contributed by atoms with Crippen molar-refractivity contribution in [2.75, 3.05) is 20.0 Å². The van der Waals surface area contributed by atoms with E-state index in [4.69, 9.17) is 14.6 Å². The first-order valence-electron chi connectivity index (χ1n) is 4.70. The van der Waals surface area contributed by atoms with Crippen LogP contribution in [-0.2, 0) is 4.79 Å². The van der Waals surface area contributed by atoms with Crippen molar-refractivity contribution < 1.29 is 24.2 Å². The van der Waals surface area contributed by atoms with Gasteiger partial charge in [-0.2, -0.15) is 0 Å². The molecule has 0 bridgehead atoms. The van der Waals surface area contributed by atoms with Crippen LogP contribution in [0.2, 0.25) is 0 Å². The zero-order chi connectivity index (χ0) is 12.8. The molecule has 6 heteroatoms. The topological polar surface area (TPSA) is 72.8 Å². The lowest BCUT2D eigenvalue weighted by Crippen LogP contribution is -2.06. The number of carboxylic acids is 1. The number of carbonyl (C=O) groups is 2. The molecule has 92 valence electrons. The predicted molar refractivity (Wildman–Crippen MR) is 64.0 cm³/mol. The van der Waals surface area contributed by atoms with Gasteiger partial charge < -0.3 is 14.6 Å². The van der Waals surface area contributed by atoms with E-state index in [-0.39, 0.29) is 16.4 Å². The molecule has 1 N–H and O–H groups in total. The molecule has 17 heavy (non-hydrogen) atoms. The van der Waals surface area contributed by atoms with Crippen molar-refractivity contribution in [2.24, 2.45) is 0 Å². The maximum atomic E-state index is 11.8. The highest BCUT2D eigenvalue weighted by atomic mass is 32.2. The Kier molecular flexibility index (Phi) is 4.84. The van der Waals surface area contributed by atoms with Crippen LogP contribution in [-0.4, -0.2) is 36.2 Å². The van der Waals surface area contributed by atoms with Crippen LogP contribution in [0, 0.1) is 0 Å². The van der Waals surface area contributed by atoms with E-state index in [1.54, 1.807) is 18.2 Å². The first-order valence-corrected chi connectivity index (χ1v) is 5.68. The second-order valence-electron chi connectivity index (χ2n) is 3.01. The lowest BCUT2D eigenvalue weighted by Gasteiger charge is -2.10. The molecule has 0 saturated heterocycles. The molecule has 0 fully saturated rings. The van der Waals surface area contributed by atoms with Gasteiger partial charge in [0.25, 0.3) is 0 Å². The Bertz CT molecular complexity index is 408. The Balaban J connectivity index is 3.01. The average Bonchev–Trinajstić information content (AvgIpc) is 2.34. The van der Waals surface area contributed by atoms with Crippen LogP contribution in [0.15, 0.2) is 18.2 Å². The molecular formula is C11H12O5S. The largest absolute Gasteiger partial charge is 0.496 e. The lowest BCUT2D eigenvalue weighted by molar-refractivity contribution is -0.133. The number of carbonyl (C=O) groups excluding carboxylic acids is 1. The van der Waals surface area contributed by atoms with E-state index in [0.717, 1.165) is 0 Å². The number of ether oxygens (including phenoxy) is 2. The molecule has 1 aromatic rings. The van der Waals surface area contributed by atoms with Crippen LogP contribution in [0.5, 0.6) is 11.5 Å². The predicted octanol–water partition coefficient (Wildman–Crippen LogP) is 1.66. The lowest BCUT2D eigenvalue weighted by atomic mass is 10.2. The van der Waals surface area contributed by atoms with Crippen molar-refractivity contribution in [3.63, 3.8) is 0 Å². The van der Waals surface area contributed by atoms with Gasteiger partial charge in [-0.05, 0) is 12.1 Å². The summed E-state index contributed by atoms with van der Waals surface area (Å²) in [6, 6.07) is 4.93. The first-order chi connectivity index (χ1) is 8.10. The smallest absolute Gasteiger partial charge is 0.313 e. The summed E-state index contributed by atoms with van der Waals surface area (Å²) in [4.78, 5) is 22.3. The van der Waals surface area contributed by atoms with E-state index in [2.05, 4.69) is 0 Å². The summed E-state index contributed by atoms with van der Waals surface area (Å²) in [7, 11) is 2.88. The Labute approximate surface area is 103 Å². The summed E-state index contributed by atoms with van der Waals surface area (Å²) in [5.74, 6) is -0.600. The van der Waals surface area contributed by atoms with Gasteiger partial charge in [-0.25, -0.2) is 0 Å². The molecule has 1 aromatic carbocycles. The second kappa shape index (κ2) is 6.15. The summed E-state index contributed by atoms with van der Waals surface area (Å²) in [6.45, 7) is 0. The maximum Gasteiger partial charge on any atom is 0.313 e.